The zero-order chi connectivity index (χ0) is 12.1. The zero-order valence-corrected chi connectivity index (χ0v) is 11.3. The fraction of sp³-hybridized carbons (Fsp3) is 0.133. The maximum atomic E-state index is 4.65. The van der Waals surface area contributed by atoms with Crippen LogP contribution in [0.5, 0.6) is 0 Å². The highest BCUT2D eigenvalue weighted by Gasteiger charge is 2.06. The van der Waals surface area contributed by atoms with Crippen LogP contribution < -0.4 is 0 Å². The lowest BCUT2D eigenvalue weighted by molar-refractivity contribution is 1.07. The predicted molar refractivity (Wildman–Crippen MR) is 76.9 cm³/mol. The normalized spacial score (nSPS) is 11.9. The first kappa shape index (κ1) is 12.1. The molecule has 2 rings (SSSR count). The Balaban J connectivity index is 2.47. The van der Waals surface area contributed by atoms with Gasteiger partial charge in [-0.25, -0.2) is 0 Å². The largest absolute Gasteiger partial charge is 0.270 e. The van der Waals surface area contributed by atoms with Crippen LogP contribution in [-0.4, -0.2) is 10.7 Å². The summed E-state index contributed by atoms with van der Waals surface area (Å²) in [6, 6.07) is 20.5. The minimum atomic E-state index is 0.109. The van der Waals surface area contributed by atoms with Crippen LogP contribution in [0, 0.1) is 0 Å². The van der Waals surface area contributed by atoms with Gasteiger partial charge in [0.25, 0.3) is 0 Å². The van der Waals surface area contributed by atoms with Crippen LogP contribution in [0.25, 0.3) is 0 Å². The second kappa shape index (κ2) is 5.78. The van der Waals surface area contributed by atoms with Crippen molar-refractivity contribution in [3.63, 3.8) is 0 Å². The lowest BCUT2D eigenvalue weighted by Crippen LogP contribution is -2.05. The van der Waals surface area contributed by atoms with Gasteiger partial charge >= 0.3 is 0 Å². The molecule has 1 unspecified atom stereocenters. The summed E-state index contributed by atoms with van der Waals surface area (Å²) in [5, 5.41) is 0. The molecule has 0 fully saturated rings. The predicted octanol–water partition coefficient (Wildman–Crippen LogP) is 4.26. The average Bonchev–Trinajstić information content (AvgIpc) is 2.38. The van der Waals surface area contributed by atoms with Crippen molar-refractivity contribution in [1.82, 2.24) is 0 Å². The van der Waals surface area contributed by atoms with E-state index < -0.39 is 0 Å². The maximum Gasteiger partial charge on any atom is 0.103 e. The molecule has 0 bridgehead atoms. The van der Waals surface area contributed by atoms with E-state index in [0.717, 1.165) is 16.8 Å². The Morgan fingerprint density at radius 1 is 0.882 bits per heavy atom. The molecular formula is C15H14BrN. The molecule has 2 aromatic rings. The summed E-state index contributed by atoms with van der Waals surface area (Å²) in [6.45, 7) is 2.02. The maximum absolute atomic E-state index is 4.65. The molecule has 86 valence electrons. The van der Waals surface area contributed by atoms with Crippen molar-refractivity contribution in [3.8, 4) is 0 Å². The van der Waals surface area contributed by atoms with Gasteiger partial charge in [-0.2, -0.15) is 0 Å². The van der Waals surface area contributed by atoms with E-state index in [1.54, 1.807) is 0 Å². The molecule has 0 aromatic heterocycles. The van der Waals surface area contributed by atoms with Gasteiger partial charge in [0, 0.05) is 11.1 Å². The van der Waals surface area contributed by atoms with E-state index in [0.29, 0.717) is 0 Å². The van der Waals surface area contributed by atoms with Gasteiger partial charge in [-0.15, -0.1) is 0 Å². The van der Waals surface area contributed by atoms with E-state index in [2.05, 4.69) is 45.2 Å². The molecule has 0 aliphatic heterocycles. The highest BCUT2D eigenvalue weighted by Crippen LogP contribution is 2.13. The molecule has 2 aromatic carbocycles. The Morgan fingerprint density at radius 2 is 1.29 bits per heavy atom. The number of rotatable bonds is 3. The molecule has 17 heavy (non-hydrogen) atoms. The van der Waals surface area contributed by atoms with E-state index in [1.807, 2.05) is 43.3 Å². The van der Waals surface area contributed by atoms with Gasteiger partial charge in [0.2, 0.25) is 0 Å². The van der Waals surface area contributed by atoms with E-state index in [9.17, 15) is 0 Å². The summed E-state index contributed by atoms with van der Waals surface area (Å²) in [7, 11) is 0. The number of alkyl halides is 1. The van der Waals surface area contributed by atoms with Crippen LogP contribution >= 0.6 is 15.9 Å². The SMILES string of the molecule is CC(Br)N=C(c1ccccc1)c1ccccc1. The van der Waals surface area contributed by atoms with Crippen molar-refractivity contribution in [1.29, 1.82) is 0 Å². The molecule has 0 saturated carbocycles. The van der Waals surface area contributed by atoms with Crippen molar-refractivity contribution in [2.45, 2.75) is 11.9 Å². The summed E-state index contributed by atoms with van der Waals surface area (Å²) in [5.74, 6) is 0. The number of hydrogen-bond donors (Lipinski definition) is 0. The number of benzene rings is 2. The first-order valence-corrected chi connectivity index (χ1v) is 6.51. The number of aliphatic imine (C=N–C) groups is 1. The van der Waals surface area contributed by atoms with E-state index in [4.69, 9.17) is 0 Å². The summed E-state index contributed by atoms with van der Waals surface area (Å²) >= 11 is 3.48. The van der Waals surface area contributed by atoms with Crippen LogP contribution in [0.1, 0.15) is 18.1 Å². The monoisotopic (exact) mass is 287 g/mol. The second-order valence-electron chi connectivity index (χ2n) is 3.78. The second-order valence-corrected chi connectivity index (χ2v) is 5.11. The fourth-order valence-electron chi connectivity index (χ4n) is 1.69. The molecule has 0 heterocycles. The van der Waals surface area contributed by atoms with Crippen molar-refractivity contribution < 1.29 is 0 Å². The minimum absolute atomic E-state index is 0.109. The highest BCUT2D eigenvalue weighted by molar-refractivity contribution is 9.09. The highest BCUT2D eigenvalue weighted by atomic mass is 79.9. The summed E-state index contributed by atoms with van der Waals surface area (Å²) in [4.78, 5) is 4.76. The Morgan fingerprint density at radius 3 is 1.65 bits per heavy atom. The molecular weight excluding hydrogens is 274 g/mol. The third kappa shape index (κ3) is 3.27. The van der Waals surface area contributed by atoms with E-state index >= 15 is 0 Å². The lowest BCUT2D eigenvalue weighted by Gasteiger charge is -2.08. The molecule has 0 aliphatic rings. The Kier molecular flexibility index (Phi) is 4.10. The van der Waals surface area contributed by atoms with Crippen LogP contribution in [0.15, 0.2) is 65.7 Å². The van der Waals surface area contributed by atoms with Gasteiger partial charge in [-0.3, -0.25) is 4.99 Å². The van der Waals surface area contributed by atoms with E-state index in [-0.39, 0.29) is 4.95 Å². The summed E-state index contributed by atoms with van der Waals surface area (Å²) in [5.41, 5.74) is 3.31. The molecule has 1 atom stereocenters. The fourth-order valence-corrected chi connectivity index (χ4v) is 1.89. The molecule has 0 radical (unpaired) electrons. The van der Waals surface area contributed by atoms with Crippen LogP contribution in [0.3, 0.4) is 0 Å². The van der Waals surface area contributed by atoms with Crippen LogP contribution in [0.4, 0.5) is 0 Å². The Bertz CT molecular complexity index is 447. The van der Waals surface area contributed by atoms with Gasteiger partial charge < -0.3 is 0 Å². The first-order valence-electron chi connectivity index (χ1n) is 5.60. The van der Waals surface area contributed by atoms with Crippen LogP contribution in [-0.2, 0) is 0 Å². The molecule has 2 heteroatoms. The molecule has 0 spiro atoms. The van der Waals surface area contributed by atoms with Crippen LogP contribution in [0.2, 0.25) is 0 Å². The molecule has 0 amide bonds. The first-order chi connectivity index (χ1) is 8.27. The topological polar surface area (TPSA) is 12.4 Å². The summed E-state index contributed by atoms with van der Waals surface area (Å²) in [6.07, 6.45) is 0. The smallest absolute Gasteiger partial charge is 0.103 e. The molecule has 1 nitrogen and oxygen atoms in total. The molecule has 0 aliphatic carbocycles. The van der Waals surface area contributed by atoms with Gasteiger partial charge in [-0.1, -0.05) is 76.6 Å². The van der Waals surface area contributed by atoms with Gasteiger partial charge in [-0.05, 0) is 6.92 Å². The Labute approximate surface area is 110 Å². The van der Waals surface area contributed by atoms with Gasteiger partial charge in [0.1, 0.15) is 4.95 Å². The quantitative estimate of drug-likeness (QED) is 0.454. The number of halogens is 1. The van der Waals surface area contributed by atoms with Crippen molar-refractivity contribution in [2.75, 3.05) is 0 Å². The third-order valence-corrected chi connectivity index (χ3v) is 2.61. The molecule has 0 N–H and O–H groups in total. The van der Waals surface area contributed by atoms with Gasteiger partial charge in [0.05, 0.1) is 5.71 Å². The minimum Gasteiger partial charge on any atom is -0.270 e. The van der Waals surface area contributed by atoms with Crippen molar-refractivity contribution in [2.24, 2.45) is 4.99 Å². The molecule has 0 saturated heterocycles. The summed E-state index contributed by atoms with van der Waals surface area (Å²) < 4.78 is 0. The van der Waals surface area contributed by atoms with Crippen molar-refractivity contribution >= 4 is 21.6 Å². The van der Waals surface area contributed by atoms with Crippen molar-refractivity contribution in [3.05, 3.63) is 71.8 Å². The average molecular weight is 288 g/mol. The number of hydrogen-bond acceptors (Lipinski definition) is 1. The lowest BCUT2D eigenvalue weighted by atomic mass is 10.0. The number of nitrogens with zero attached hydrogens (tertiary/aromatic N) is 1. The van der Waals surface area contributed by atoms with Gasteiger partial charge in [0.15, 0.2) is 0 Å². The third-order valence-electron chi connectivity index (χ3n) is 2.40. The standard InChI is InChI=1S/C15H14BrN/c1-12(16)17-15(13-8-4-2-5-9-13)14-10-6-3-7-11-14/h2-12H,1H3. The van der Waals surface area contributed by atoms with E-state index in [1.165, 1.54) is 0 Å². The zero-order valence-electron chi connectivity index (χ0n) is 9.68. The Hall–Kier alpha value is -1.41.